The number of Topliss-reactive ketones (excluding diaryl/α,β-unsaturated/α-hetero) is 1. The predicted molar refractivity (Wildman–Crippen MR) is 68.5 cm³/mol. The molecule has 0 radical (unpaired) electrons. The van der Waals surface area contributed by atoms with Gasteiger partial charge in [-0.2, -0.15) is 0 Å². The lowest BCUT2D eigenvalue weighted by molar-refractivity contribution is -0.142. The van der Waals surface area contributed by atoms with Gasteiger partial charge < -0.3 is 4.74 Å². The molecule has 0 saturated heterocycles. The van der Waals surface area contributed by atoms with Crippen LogP contribution in [-0.2, 0) is 9.53 Å². The molecule has 0 aromatic heterocycles. The van der Waals surface area contributed by atoms with Crippen molar-refractivity contribution in [1.82, 2.24) is 0 Å². The number of hydrogen-bond acceptors (Lipinski definition) is 3. The van der Waals surface area contributed by atoms with Crippen LogP contribution in [0.15, 0.2) is 24.3 Å². The van der Waals surface area contributed by atoms with Crippen LogP contribution in [0.2, 0.25) is 0 Å². The quantitative estimate of drug-likeness (QED) is 0.606. The summed E-state index contributed by atoms with van der Waals surface area (Å²) in [6.07, 6.45) is 0.622. The molecule has 1 saturated carbocycles. The average molecular weight is 246 g/mol. The van der Waals surface area contributed by atoms with Gasteiger partial charge in [0.2, 0.25) is 0 Å². The highest BCUT2D eigenvalue weighted by atomic mass is 16.5. The highest BCUT2D eigenvalue weighted by molar-refractivity contribution is 6.02. The zero-order valence-corrected chi connectivity index (χ0v) is 11.0. The normalized spacial score (nSPS) is 21.8. The molecule has 2 atom stereocenters. The smallest absolute Gasteiger partial charge is 0.309 e. The monoisotopic (exact) mass is 246 g/mol. The maximum absolute atomic E-state index is 12.1. The molecule has 3 nitrogen and oxygen atoms in total. The van der Waals surface area contributed by atoms with Crippen molar-refractivity contribution in [3.8, 4) is 0 Å². The Bertz CT molecular complexity index is 459. The molecule has 1 fully saturated rings. The molecule has 0 spiro atoms. The van der Waals surface area contributed by atoms with Crippen LogP contribution in [-0.4, -0.2) is 18.9 Å². The molecule has 0 aliphatic heterocycles. The number of carbonyl (C=O) groups excluding carboxylic acids is 2. The van der Waals surface area contributed by atoms with E-state index >= 15 is 0 Å². The van der Waals surface area contributed by atoms with Crippen LogP contribution in [0, 0.1) is 11.8 Å². The molecule has 0 N–H and O–H groups in total. The van der Waals surface area contributed by atoms with Crippen molar-refractivity contribution < 1.29 is 14.3 Å². The third-order valence-electron chi connectivity index (χ3n) is 3.49. The van der Waals surface area contributed by atoms with Crippen LogP contribution in [0.3, 0.4) is 0 Å². The molecular formula is C15H18O3. The SMILES string of the molecule is COC(=O)[C@H]1C[C@@H]1C(=O)c1ccc(C(C)C)cc1. The first kappa shape index (κ1) is 12.8. The summed E-state index contributed by atoms with van der Waals surface area (Å²) in [7, 11) is 1.36. The maximum atomic E-state index is 12.1. The summed E-state index contributed by atoms with van der Waals surface area (Å²) in [5.74, 6) is -0.166. The van der Waals surface area contributed by atoms with Crippen LogP contribution in [0.5, 0.6) is 0 Å². The molecule has 0 unspecified atom stereocenters. The molecule has 1 aliphatic carbocycles. The number of methoxy groups -OCH3 is 1. The second kappa shape index (κ2) is 4.92. The highest BCUT2D eigenvalue weighted by Gasteiger charge is 2.48. The number of hydrogen-bond donors (Lipinski definition) is 0. The molecule has 1 aromatic carbocycles. The lowest BCUT2D eigenvalue weighted by Gasteiger charge is -2.06. The van der Waals surface area contributed by atoms with Crippen molar-refractivity contribution in [2.75, 3.05) is 7.11 Å². The van der Waals surface area contributed by atoms with Crippen LogP contribution >= 0.6 is 0 Å². The van der Waals surface area contributed by atoms with Gasteiger partial charge in [0.25, 0.3) is 0 Å². The van der Waals surface area contributed by atoms with Crippen molar-refractivity contribution >= 4 is 11.8 Å². The Balaban J connectivity index is 2.05. The minimum atomic E-state index is -0.271. The van der Waals surface area contributed by atoms with Gasteiger partial charge in [0.15, 0.2) is 5.78 Å². The van der Waals surface area contributed by atoms with Crippen molar-refractivity contribution in [2.45, 2.75) is 26.2 Å². The summed E-state index contributed by atoms with van der Waals surface area (Å²) >= 11 is 0. The van der Waals surface area contributed by atoms with Crippen LogP contribution in [0.25, 0.3) is 0 Å². The van der Waals surface area contributed by atoms with E-state index < -0.39 is 0 Å². The zero-order valence-electron chi connectivity index (χ0n) is 11.0. The van der Waals surface area contributed by atoms with Gasteiger partial charge in [-0.15, -0.1) is 0 Å². The van der Waals surface area contributed by atoms with E-state index in [0.717, 1.165) is 0 Å². The Kier molecular flexibility index (Phi) is 3.50. The first-order chi connectivity index (χ1) is 8.54. The van der Waals surface area contributed by atoms with E-state index in [4.69, 9.17) is 0 Å². The summed E-state index contributed by atoms with van der Waals surface area (Å²) in [6, 6.07) is 7.66. The molecule has 2 rings (SSSR count). The Morgan fingerprint density at radius 1 is 1.17 bits per heavy atom. The van der Waals surface area contributed by atoms with Gasteiger partial charge in [-0.25, -0.2) is 0 Å². The largest absolute Gasteiger partial charge is 0.469 e. The van der Waals surface area contributed by atoms with Crippen LogP contribution in [0.1, 0.15) is 42.1 Å². The molecule has 0 heterocycles. The van der Waals surface area contributed by atoms with Gasteiger partial charge in [-0.1, -0.05) is 38.1 Å². The maximum Gasteiger partial charge on any atom is 0.309 e. The summed E-state index contributed by atoms with van der Waals surface area (Å²) in [6.45, 7) is 4.23. The minimum absolute atomic E-state index is 0.0562. The topological polar surface area (TPSA) is 43.4 Å². The molecule has 1 aromatic rings. The zero-order chi connectivity index (χ0) is 13.3. The highest BCUT2D eigenvalue weighted by Crippen LogP contribution is 2.41. The second-order valence-electron chi connectivity index (χ2n) is 5.11. The molecule has 1 aliphatic rings. The Hall–Kier alpha value is -1.64. The van der Waals surface area contributed by atoms with Gasteiger partial charge >= 0.3 is 5.97 Å². The van der Waals surface area contributed by atoms with Crippen molar-refractivity contribution in [1.29, 1.82) is 0 Å². The summed E-state index contributed by atoms with van der Waals surface area (Å²) in [5, 5.41) is 0. The second-order valence-corrected chi connectivity index (χ2v) is 5.11. The number of esters is 1. The summed E-state index contributed by atoms with van der Waals surface area (Å²) < 4.78 is 4.65. The molecule has 18 heavy (non-hydrogen) atoms. The van der Waals surface area contributed by atoms with Gasteiger partial charge in [-0.05, 0) is 17.9 Å². The number of rotatable bonds is 4. The summed E-state index contributed by atoms with van der Waals surface area (Å²) in [4.78, 5) is 23.4. The van der Waals surface area contributed by atoms with Crippen LogP contribution in [0.4, 0.5) is 0 Å². The molecule has 0 amide bonds. The molecule has 96 valence electrons. The molecule has 3 heteroatoms. The third kappa shape index (κ3) is 2.45. The fourth-order valence-electron chi connectivity index (χ4n) is 2.14. The van der Waals surface area contributed by atoms with Crippen LogP contribution < -0.4 is 0 Å². The Labute approximate surface area is 107 Å². The van der Waals surface area contributed by atoms with E-state index in [1.54, 1.807) is 0 Å². The standard InChI is InChI=1S/C15H18O3/c1-9(2)10-4-6-11(7-5-10)14(16)12-8-13(12)15(17)18-3/h4-7,9,12-13H,8H2,1-3H3/t12-,13-/m0/s1. The first-order valence-corrected chi connectivity index (χ1v) is 6.26. The number of ketones is 1. The van der Waals surface area contributed by atoms with Gasteiger partial charge in [0.1, 0.15) is 0 Å². The van der Waals surface area contributed by atoms with E-state index in [0.29, 0.717) is 17.9 Å². The predicted octanol–water partition coefficient (Wildman–Crippen LogP) is 2.80. The van der Waals surface area contributed by atoms with E-state index in [1.807, 2.05) is 24.3 Å². The van der Waals surface area contributed by atoms with E-state index in [-0.39, 0.29) is 23.6 Å². The first-order valence-electron chi connectivity index (χ1n) is 6.26. The third-order valence-corrected chi connectivity index (χ3v) is 3.49. The number of benzene rings is 1. The lowest BCUT2D eigenvalue weighted by atomic mass is 9.99. The van der Waals surface area contributed by atoms with Gasteiger partial charge in [-0.3, -0.25) is 9.59 Å². The lowest BCUT2D eigenvalue weighted by Crippen LogP contribution is -2.10. The summed E-state index contributed by atoms with van der Waals surface area (Å²) in [5.41, 5.74) is 1.91. The minimum Gasteiger partial charge on any atom is -0.469 e. The number of carbonyl (C=O) groups is 2. The van der Waals surface area contributed by atoms with Crippen molar-refractivity contribution in [3.63, 3.8) is 0 Å². The van der Waals surface area contributed by atoms with Gasteiger partial charge in [0.05, 0.1) is 13.0 Å². The number of ether oxygens (including phenoxy) is 1. The van der Waals surface area contributed by atoms with E-state index in [9.17, 15) is 9.59 Å². The fraction of sp³-hybridized carbons (Fsp3) is 0.467. The molecule has 0 bridgehead atoms. The Morgan fingerprint density at radius 3 is 2.28 bits per heavy atom. The van der Waals surface area contributed by atoms with E-state index in [1.165, 1.54) is 12.7 Å². The van der Waals surface area contributed by atoms with Crippen molar-refractivity contribution in [2.24, 2.45) is 11.8 Å². The fourth-order valence-corrected chi connectivity index (χ4v) is 2.14. The molecular weight excluding hydrogens is 228 g/mol. The van der Waals surface area contributed by atoms with Gasteiger partial charge in [0, 0.05) is 11.5 Å². The average Bonchev–Trinajstić information content (AvgIpc) is 3.17. The Morgan fingerprint density at radius 2 is 1.78 bits per heavy atom. The van der Waals surface area contributed by atoms with Crippen molar-refractivity contribution in [3.05, 3.63) is 35.4 Å². The van der Waals surface area contributed by atoms with E-state index in [2.05, 4.69) is 18.6 Å².